The maximum absolute atomic E-state index is 13.8. The Hall–Kier alpha value is -2.41. The smallest absolute Gasteiger partial charge is 0.162 e. The summed E-state index contributed by atoms with van der Waals surface area (Å²) in [5, 5.41) is 0. The summed E-state index contributed by atoms with van der Waals surface area (Å²) in [6.45, 7) is 8.68. The second-order valence-electron chi connectivity index (χ2n) is 11.6. The number of hydrogen-bond acceptors (Lipinski definition) is 4. The van der Waals surface area contributed by atoms with Gasteiger partial charge in [0.25, 0.3) is 0 Å². The molecule has 2 aliphatic carbocycles. The van der Waals surface area contributed by atoms with E-state index in [4.69, 9.17) is 4.74 Å². The first-order valence-electron chi connectivity index (χ1n) is 12.2. The van der Waals surface area contributed by atoms with Gasteiger partial charge < -0.3 is 9.64 Å². The number of carbonyl (C=O) groups is 2. The molecule has 5 heteroatoms. The minimum atomic E-state index is -0.335. The first kappa shape index (κ1) is 24.3. The van der Waals surface area contributed by atoms with Gasteiger partial charge in [0, 0.05) is 50.6 Å². The topological polar surface area (TPSA) is 46.6 Å². The normalized spacial score (nSPS) is 21.7. The van der Waals surface area contributed by atoms with Crippen LogP contribution in [0.1, 0.15) is 64.9 Å². The molecule has 0 aromatic heterocycles. The molecule has 1 aliphatic heterocycles. The fourth-order valence-corrected chi connectivity index (χ4v) is 6.36. The van der Waals surface area contributed by atoms with Crippen LogP contribution in [-0.2, 0) is 9.59 Å². The van der Waals surface area contributed by atoms with Gasteiger partial charge in [-0.1, -0.05) is 39.8 Å². The number of ketones is 2. The second kappa shape index (κ2) is 8.61. The molecule has 0 fully saturated rings. The quantitative estimate of drug-likeness (QED) is 0.360. The van der Waals surface area contributed by atoms with Crippen molar-refractivity contribution in [1.82, 2.24) is 0 Å². The lowest BCUT2D eigenvalue weighted by atomic mass is 9.63. The highest BCUT2D eigenvalue weighted by Crippen LogP contribution is 2.55. The Morgan fingerprint density at radius 3 is 1.71 bits per heavy atom. The molecule has 3 aliphatic rings. The Bertz CT molecular complexity index is 1210. The second-order valence-corrected chi connectivity index (χ2v) is 12.9. The van der Waals surface area contributed by atoms with Gasteiger partial charge in [-0.15, -0.1) is 0 Å². The number of benzene rings is 2. The number of hydrogen-bond donors (Lipinski definition) is 0. The third-order valence-corrected chi connectivity index (χ3v) is 8.16. The Labute approximate surface area is 221 Å². The Morgan fingerprint density at radius 1 is 0.771 bits per heavy atom. The van der Waals surface area contributed by atoms with Crippen molar-refractivity contribution in [2.24, 2.45) is 10.8 Å². The minimum absolute atomic E-state index is 0.145. The number of anilines is 1. The molecule has 1 heterocycles. The fourth-order valence-electron chi connectivity index (χ4n) is 6.00. The van der Waals surface area contributed by atoms with Gasteiger partial charge in [-0.25, -0.2) is 0 Å². The van der Waals surface area contributed by atoms with E-state index in [0.29, 0.717) is 12.8 Å². The number of rotatable bonds is 3. The molecular weight excluding hydrogens is 549 g/mol. The fraction of sp³-hybridized carbons (Fsp3) is 0.400. The summed E-state index contributed by atoms with van der Waals surface area (Å²) in [7, 11) is 1.65. The van der Waals surface area contributed by atoms with E-state index in [9.17, 15) is 9.59 Å². The van der Waals surface area contributed by atoms with Crippen LogP contribution >= 0.6 is 22.6 Å². The molecule has 0 atom stereocenters. The van der Waals surface area contributed by atoms with Crippen molar-refractivity contribution >= 4 is 39.8 Å². The molecule has 2 aromatic carbocycles. The molecule has 0 unspecified atom stereocenters. The summed E-state index contributed by atoms with van der Waals surface area (Å²) in [5.74, 6) is 0.729. The minimum Gasteiger partial charge on any atom is -0.497 e. The Kier molecular flexibility index (Phi) is 5.98. The molecule has 0 saturated heterocycles. The number of halogens is 1. The summed E-state index contributed by atoms with van der Waals surface area (Å²) < 4.78 is 6.54. The van der Waals surface area contributed by atoms with Gasteiger partial charge in [0.2, 0.25) is 0 Å². The molecule has 0 radical (unpaired) electrons. The van der Waals surface area contributed by atoms with Crippen LogP contribution in [0.25, 0.3) is 0 Å². The maximum Gasteiger partial charge on any atom is 0.162 e. The average Bonchev–Trinajstić information content (AvgIpc) is 2.77. The molecule has 35 heavy (non-hydrogen) atoms. The molecule has 5 rings (SSSR count). The van der Waals surface area contributed by atoms with E-state index in [2.05, 4.69) is 79.5 Å². The van der Waals surface area contributed by atoms with Crippen LogP contribution in [0.15, 0.2) is 71.1 Å². The van der Waals surface area contributed by atoms with Crippen molar-refractivity contribution < 1.29 is 14.3 Å². The summed E-state index contributed by atoms with van der Waals surface area (Å²) in [4.78, 5) is 30.0. The Morgan fingerprint density at radius 2 is 1.26 bits per heavy atom. The lowest BCUT2D eigenvalue weighted by molar-refractivity contribution is -0.119. The van der Waals surface area contributed by atoms with Crippen LogP contribution in [-0.4, -0.2) is 18.7 Å². The molecule has 4 nitrogen and oxygen atoms in total. The van der Waals surface area contributed by atoms with Crippen LogP contribution in [0.3, 0.4) is 0 Å². The molecule has 0 spiro atoms. The van der Waals surface area contributed by atoms with Gasteiger partial charge in [-0.2, -0.15) is 0 Å². The van der Waals surface area contributed by atoms with Gasteiger partial charge in [0.1, 0.15) is 5.75 Å². The van der Waals surface area contributed by atoms with Crippen molar-refractivity contribution in [3.05, 3.63) is 80.2 Å². The molecule has 0 bridgehead atoms. The molecule has 0 N–H and O–H groups in total. The number of ether oxygens (including phenoxy) is 1. The maximum atomic E-state index is 13.8. The van der Waals surface area contributed by atoms with Gasteiger partial charge >= 0.3 is 0 Å². The van der Waals surface area contributed by atoms with E-state index in [0.717, 1.165) is 56.0 Å². The van der Waals surface area contributed by atoms with E-state index in [1.807, 2.05) is 24.3 Å². The number of allylic oxidation sites excluding steroid dienone is 4. The zero-order chi connectivity index (χ0) is 25.1. The van der Waals surface area contributed by atoms with E-state index in [-0.39, 0.29) is 28.3 Å². The van der Waals surface area contributed by atoms with E-state index < -0.39 is 0 Å². The number of Topliss-reactive ketones (excluding diaryl/α,β-unsaturated/α-hetero) is 2. The lowest BCUT2D eigenvalue weighted by Gasteiger charge is -2.49. The largest absolute Gasteiger partial charge is 0.497 e. The van der Waals surface area contributed by atoms with Crippen molar-refractivity contribution in [1.29, 1.82) is 0 Å². The van der Waals surface area contributed by atoms with Gasteiger partial charge in [-0.05, 0) is 88.2 Å². The van der Waals surface area contributed by atoms with Crippen LogP contribution in [0, 0.1) is 14.4 Å². The summed E-state index contributed by atoms with van der Waals surface area (Å²) >= 11 is 2.31. The lowest BCUT2D eigenvalue weighted by Crippen LogP contribution is -2.44. The van der Waals surface area contributed by atoms with Crippen molar-refractivity contribution in [2.45, 2.75) is 59.3 Å². The van der Waals surface area contributed by atoms with Gasteiger partial charge in [0.15, 0.2) is 11.6 Å². The van der Waals surface area contributed by atoms with Gasteiger partial charge in [0.05, 0.1) is 7.11 Å². The zero-order valence-corrected chi connectivity index (χ0v) is 23.2. The van der Waals surface area contributed by atoms with Crippen molar-refractivity contribution in [3.63, 3.8) is 0 Å². The van der Waals surface area contributed by atoms with Crippen molar-refractivity contribution in [3.8, 4) is 5.75 Å². The van der Waals surface area contributed by atoms with E-state index in [1.165, 1.54) is 0 Å². The first-order valence-corrected chi connectivity index (χ1v) is 13.3. The molecule has 2 aromatic rings. The predicted octanol–water partition coefficient (Wildman–Crippen LogP) is 7.19. The highest BCUT2D eigenvalue weighted by atomic mass is 127. The SMILES string of the molecule is COc1ccc(C2C3=C(CC(C)(C)CC3=O)N(c3ccc(I)cc3)C3=C2C(=O)CC(C)(C)C3)cc1. The summed E-state index contributed by atoms with van der Waals surface area (Å²) in [6, 6.07) is 16.3. The van der Waals surface area contributed by atoms with Crippen molar-refractivity contribution in [2.75, 3.05) is 12.0 Å². The molecule has 0 saturated carbocycles. The molecule has 182 valence electrons. The third kappa shape index (κ3) is 4.37. The number of nitrogens with zero attached hydrogens (tertiary/aromatic N) is 1. The van der Waals surface area contributed by atoms with E-state index in [1.54, 1.807) is 7.11 Å². The third-order valence-electron chi connectivity index (χ3n) is 7.44. The zero-order valence-electron chi connectivity index (χ0n) is 21.1. The molecule has 0 amide bonds. The monoisotopic (exact) mass is 581 g/mol. The standard InChI is InChI=1S/C30H32INO3/c1-29(2)14-22-27(24(33)16-29)26(18-6-12-21(35-5)13-7-18)28-23(15-30(3,4)17-25(28)34)32(22)20-10-8-19(31)9-11-20/h6-13,26H,14-17H2,1-5H3. The van der Waals surface area contributed by atoms with Crippen LogP contribution in [0.4, 0.5) is 5.69 Å². The number of carbonyl (C=O) groups excluding carboxylic acids is 2. The van der Waals surface area contributed by atoms with E-state index >= 15 is 0 Å². The van der Waals surface area contributed by atoms with Gasteiger partial charge in [-0.3, -0.25) is 9.59 Å². The van der Waals surface area contributed by atoms with Crippen LogP contribution in [0.2, 0.25) is 0 Å². The highest BCUT2D eigenvalue weighted by molar-refractivity contribution is 14.1. The average molecular weight is 581 g/mol. The number of methoxy groups -OCH3 is 1. The predicted molar refractivity (Wildman–Crippen MR) is 147 cm³/mol. The molecular formula is C30H32INO3. The van der Waals surface area contributed by atoms with Crippen LogP contribution in [0.5, 0.6) is 5.75 Å². The Balaban J connectivity index is 1.80. The highest BCUT2D eigenvalue weighted by Gasteiger charge is 2.49. The summed E-state index contributed by atoms with van der Waals surface area (Å²) in [5.41, 5.74) is 5.40. The van der Waals surface area contributed by atoms with Crippen LogP contribution < -0.4 is 9.64 Å². The first-order chi connectivity index (χ1) is 16.5. The summed E-state index contributed by atoms with van der Waals surface area (Å²) in [6.07, 6.45) is 2.55.